The molecule has 0 radical (unpaired) electrons. The van der Waals surface area contributed by atoms with Gasteiger partial charge in [0.2, 0.25) is 11.8 Å². The maximum atomic E-state index is 13.9. The number of benzene rings is 3. The van der Waals surface area contributed by atoms with Crippen LogP contribution in [0.25, 0.3) is 0 Å². The second-order valence-electron chi connectivity index (χ2n) is 9.72. The molecule has 3 rings (SSSR count). The zero-order valence-corrected chi connectivity index (χ0v) is 24.7. The molecule has 2 amide bonds. The van der Waals surface area contributed by atoms with E-state index in [0.717, 1.165) is 15.4 Å². The minimum Gasteiger partial charge on any atom is -0.354 e. The number of carbonyl (C=O) groups is 2. The molecule has 0 aliphatic carbocycles. The molecule has 1 N–H and O–H groups in total. The summed E-state index contributed by atoms with van der Waals surface area (Å²) in [5.41, 5.74) is 1.74. The lowest BCUT2D eigenvalue weighted by atomic mass is 10.1. The topological polar surface area (TPSA) is 86.8 Å². The summed E-state index contributed by atoms with van der Waals surface area (Å²) in [4.78, 5) is 28.3. The molecule has 0 saturated carbocycles. The highest BCUT2D eigenvalue weighted by Gasteiger charge is 2.33. The van der Waals surface area contributed by atoms with Gasteiger partial charge in [0.1, 0.15) is 12.6 Å². The molecule has 0 aromatic heterocycles. The van der Waals surface area contributed by atoms with Gasteiger partial charge in [0, 0.05) is 13.1 Å². The summed E-state index contributed by atoms with van der Waals surface area (Å²) in [5.74, 6) is -0.681. The Morgan fingerprint density at radius 2 is 1.54 bits per heavy atom. The third-order valence-corrected chi connectivity index (χ3v) is 8.72. The first-order valence-corrected chi connectivity index (χ1v) is 14.8. The van der Waals surface area contributed by atoms with Crippen molar-refractivity contribution in [2.24, 2.45) is 5.92 Å². The van der Waals surface area contributed by atoms with Crippen molar-refractivity contribution in [2.45, 2.75) is 45.2 Å². The second-order valence-corrected chi connectivity index (χ2v) is 12.4. The molecule has 0 saturated heterocycles. The largest absolute Gasteiger partial charge is 0.354 e. The lowest BCUT2D eigenvalue weighted by Gasteiger charge is -2.32. The average molecular weight is 591 g/mol. The Bertz CT molecular complexity index is 1400. The van der Waals surface area contributed by atoms with Gasteiger partial charge in [-0.25, -0.2) is 8.42 Å². The molecule has 208 valence electrons. The van der Waals surface area contributed by atoms with Crippen LogP contribution in [0.5, 0.6) is 0 Å². The van der Waals surface area contributed by atoms with Crippen LogP contribution in [0.1, 0.15) is 31.9 Å². The van der Waals surface area contributed by atoms with Crippen LogP contribution in [0.15, 0.2) is 77.7 Å². The SMILES string of the molecule is Cc1ccc(S(=O)(=O)N(CC(=O)N(Cc2ccccc2)[C@H](C)C(=O)NCC(C)C)c2cccc(Cl)c2Cl)cc1. The fraction of sp³-hybridized carbons (Fsp3) is 0.310. The number of sulfonamides is 1. The van der Waals surface area contributed by atoms with Gasteiger partial charge in [0.05, 0.1) is 20.6 Å². The molecular weight excluding hydrogens is 557 g/mol. The summed E-state index contributed by atoms with van der Waals surface area (Å²) in [6.07, 6.45) is 0. The van der Waals surface area contributed by atoms with E-state index in [9.17, 15) is 18.0 Å². The Kier molecular flexibility index (Phi) is 10.4. The molecule has 0 fully saturated rings. The predicted molar refractivity (Wildman–Crippen MR) is 156 cm³/mol. The summed E-state index contributed by atoms with van der Waals surface area (Å²) >= 11 is 12.7. The molecule has 0 bridgehead atoms. The maximum Gasteiger partial charge on any atom is 0.264 e. The van der Waals surface area contributed by atoms with E-state index in [0.29, 0.717) is 6.54 Å². The molecule has 3 aromatic rings. The molecule has 10 heteroatoms. The minimum absolute atomic E-state index is 0.0000114. The van der Waals surface area contributed by atoms with Gasteiger partial charge in [-0.3, -0.25) is 13.9 Å². The first kappa shape index (κ1) is 30.5. The maximum absolute atomic E-state index is 13.9. The number of halogens is 2. The van der Waals surface area contributed by atoms with Crippen molar-refractivity contribution in [3.05, 3.63) is 94.0 Å². The smallest absolute Gasteiger partial charge is 0.264 e. The Balaban J connectivity index is 2.04. The van der Waals surface area contributed by atoms with Crippen molar-refractivity contribution in [2.75, 3.05) is 17.4 Å². The highest BCUT2D eigenvalue weighted by molar-refractivity contribution is 7.92. The van der Waals surface area contributed by atoms with Crippen molar-refractivity contribution in [1.29, 1.82) is 0 Å². The molecule has 0 aliphatic heterocycles. The van der Waals surface area contributed by atoms with E-state index in [1.54, 1.807) is 25.1 Å². The quantitative estimate of drug-likeness (QED) is 0.311. The number of nitrogens with zero attached hydrogens (tertiary/aromatic N) is 2. The summed E-state index contributed by atoms with van der Waals surface area (Å²) in [6, 6.07) is 19.2. The minimum atomic E-state index is -4.24. The van der Waals surface area contributed by atoms with Crippen LogP contribution in [0.3, 0.4) is 0 Å². The first-order valence-electron chi connectivity index (χ1n) is 12.6. The Labute approximate surface area is 240 Å². The molecule has 0 unspecified atom stereocenters. The van der Waals surface area contributed by atoms with Gasteiger partial charge in [0.15, 0.2) is 0 Å². The van der Waals surface area contributed by atoms with Crippen molar-refractivity contribution < 1.29 is 18.0 Å². The number of amides is 2. The zero-order chi connectivity index (χ0) is 28.7. The van der Waals surface area contributed by atoms with Crippen molar-refractivity contribution in [1.82, 2.24) is 10.2 Å². The lowest BCUT2D eigenvalue weighted by Crippen LogP contribution is -2.51. The molecule has 0 spiro atoms. The van der Waals surface area contributed by atoms with E-state index in [2.05, 4.69) is 5.32 Å². The van der Waals surface area contributed by atoms with Crippen LogP contribution in [-0.2, 0) is 26.2 Å². The Morgan fingerprint density at radius 3 is 2.15 bits per heavy atom. The van der Waals surface area contributed by atoms with Crippen LogP contribution >= 0.6 is 23.2 Å². The highest BCUT2D eigenvalue weighted by atomic mass is 35.5. The number of nitrogens with one attached hydrogen (secondary N) is 1. The summed E-state index contributed by atoms with van der Waals surface area (Å²) in [5, 5.41) is 3.01. The average Bonchev–Trinajstić information content (AvgIpc) is 2.91. The lowest BCUT2D eigenvalue weighted by molar-refractivity contribution is -0.139. The van der Waals surface area contributed by atoms with Crippen LogP contribution < -0.4 is 9.62 Å². The van der Waals surface area contributed by atoms with Crippen molar-refractivity contribution >= 4 is 50.7 Å². The normalized spacial score (nSPS) is 12.2. The van der Waals surface area contributed by atoms with Crippen LogP contribution in [0.4, 0.5) is 5.69 Å². The highest BCUT2D eigenvalue weighted by Crippen LogP contribution is 2.35. The Morgan fingerprint density at radius 1 is 0.897 bits per heavy atom. The van der Waals surface area contributed by atoms with Gasteiger partial charge >= 0.3 is 0 Å². The van der Waals surface area contributed by atoms with Crippen molar-refractivity contribution in [3.8, 4) is 0 Å². The van der Waals surface area contributed by atoms with Crippen LogP contribution in [0, 0.1) is 12.8 Å². The molecule has 0 aliphatic rings. The van der Waals surface area contributed by atoms with Gasteiger partial charge in [-0.2, -0.15) is 0 Å². The van der Waals surface area contributed by atoms with E-state index in [-0.39, 0.29) is 39.0 Å². The standard InChI is InChI=1S/C29H33Cl2N3O4S/c1-20(2)17-32-29(36)22(4)33(18-23-9-6-5-7-10-23)27(35)19-34(26-12-8-11-25(30)28(26)31)39(37,38)24-15-13-21(3)14-16-24/h5-16,20,22H,17-19H2,1-4H3,(H,32,36)/t22-/m1/s1. The van der Waals surface area contributed by atoms with Gasteiger partial charge < -0.3 is 10.2 Å². The predicted octanol–water partition coefficient (Wildman–Crippen LogP) is 5.69. The van der Waals surface area contributed by atoms with E-state index in [4.69, 9.17) is 23.2 Å². The molecule has 7 nitrogen and oxygen atoms in total. The van der Waals surface area contributed by atoms with E-state index in [1.807, 2.05) is 51.1 Å². The monoisotopic (exact) mass is 589 g/mol. The van der Waals surface area contributed by atoms with Crippen LogP contribution in [-0.4, -0.2) is 44.3 Å². The van der Waals surface area contributed by atoms with Gasteiger partial charge in [-0.05, 0) is 49.6 Å². The third kappa shape index (κ3) is 7.75. The molecule has 1 atom stereocenters. The molecule has 3 aromatic carbocycles. The second kappa shape index (κ2) is 13.3. The number of rotatable bonds is 11. The number of carbonyl (C=O) groups excluding carboxylic acids is 2. The molecular formula is C29H33Cl2N3O4S. The van der Waals surface area contributed by atoms with Gasteiger partial charge in [0.25, 0.3) is 10.0 Å². The Hall–Kier alpha value is -3.07. The number of aryl methyl sites for hydroxylation is 1. The summed E-state index contributed by atoms with van der Waals surface area (Å²) in [7, 11) is -4.24. The van der Waals surface area contributed by atoms with E-state index >= 15 is 0 Å². The van der Waals surface area contributed by atoms with Gasteiger partial charge in [-0.1, -0.05) is 91.1 Å². The van der Waals surface area contributed by atoms with E-state index in [1.165, 1.54) is 29.2 Å². The number of anilines is 1. The third-order valence-electron chi connectivity index (χ3n) is 6.14. The molecule has 0 heterocycles. The fourth-order valence-corrected chi connectivity index (χ4v) is 5.72. The fourth-order valence-electron chi connectivity index (χ4n) is 3.85. The number of hydrogen-bond acceptors (Lipinski definition) is 4. The molecule has 39 heavy (non-hydrogen) atoms. The van der Waals surface area contributed by atoms with Gasteiger partial charge in [-0.15, -0.1) is 0 Å². The zero-order valence-electron chi connectivity index (χ0n) is 22.4. The summed E-state index contributed by atoms with van der Waals surface area (Å²) in [6.45, 7) is 7.38. The van der Waals surface area contributed by atoms with Crippen LogP contribution in [0.2, 0.25) is 10.0 Å². The van der Waals surface area contributed by atoms with Crippen molar-refractivity contribution in [3.63, 3.8) is 0 Å². The first-order chi connectivity index (χ1) is 18.4. The van der Waals surface area contributed by atoms with E-state index < -0.39 is 28.5 Å². The number of hydrogen-bond donors (Lipinski definition) is 1. The summed E-state index contributed by atoms with van der Waals surface area (Å²) < 4.78 is 28.7.